The predicted molar refractivity (Wildman–Crippen MR) is 90.9 cm³/mol. The van der Waals surface area contributed by atoms with E-state index in [-0.39, 0.29) is 17.5 Å². The van der Waals surface area contributed by atoms with Crippen molar-refractivity contribution in [1.82, 2.24) is 0 Å². The Morgan fingerprint density at radius 2 is 1.92 bits per heavy atom. The van der Waals surface area contributed by atoms with Crippen LogP contribution in [0.2, 0.25) is 0 Å². The Morgan fingerprint density at radius 1 is 1.16 bits per heavy atom. The summed E-state index contributed by atoms with van der Waals surface area (Å²) in [7, 11) is 0. The van der Waals surface area contributed by atoms with Crippen LogP contribution in [0.5, 0.6) is 11.5 Å². The fraction of sp³-hybridized carbons (Fsp3) is 0.200. The Balaban J connectivity index is 1.85. The number of carbonyl (C=O) groups excluding carboxylic acids is 2. The molecule has 128 valence electrons. The molecular formula is C20H17FO4. The van der Waals surface area contributed by atoms with Crippen LogP contribution in [0.4, 0.5) is 4.39 Å². The van der Waals surface area contributed by atoms with Crippen molar-refractivity contribution in [3.63, 3.8) is 0 Å². The van der Waals surface area contributed by atoms with Crippen LogP contribution in [0.3, 0.4) is 0 Å². The number of ether oxygens (including phenoxy) is 2. The molecule has 0 fully saturated rings. The highest BCUT2D eigenvalue weighted by molar-refractivity contribution is 6.14. The number of hydrogen-bond donors (Lipinski definition) is 0. The monoisotopic (exact) mass is 340 g/mol. The summed E-state index contributed by atoms with van der Waals surface area (Å²) < 4.78 is 24.1. The molecule has 2 aromatic carbocycles. The Hall–Kier alpha value is -2.95. The molecule has 4 nitrogen and oxygen atoms in total. The third kappa shape index (κ3) is 3.60. The Labute approximate surface area is 144 Å². The van der Waals surface area contributed by atoms with E-state index in [4.69, 9.17) is 9.47 Å². The van der Waals surface area contributed by atoms with Crippen molar-refractivity contribution in [3.8, 4) is 11.5 Å². The molecule has 2 aromatic rings. The maximum absolute atomic E-state index is 13.3. The minimum atomic E-state index is -0.641. The van der Waals surface area contributed by atoms with Gasteiger partial charge in [-0.15, -0.1) is 0 Å². The molecule has 1 heterocycles. The van der Waals surface area contributed by atoms with E-state index in [2.05, 4.69) is 0 Å². The Bertz CT molecular complexity index is 891. The van der Waals surface area contributed by atoms with Crippen LogP contribution < -0.4 is 9.47 Å². The molecule has 0 bridgehead atoms. The van der Waals surface area contributed by atoms with Crippen molar-refractivity contribution in [2.24, 2.45) is 5.41 Å². The first-order valence-electron chi connectivity index (χ1n) is 7.80. The number of benzene rings is 2. The standard InChI is InChI=1S/C20H17FO4/c1-20(2,3)19(23)24-14-7-8-15-16(11-14)25-17(18(15)22)10-12-5-4-6-13(21)9-12/h4-11H,1-3H3/b17-10+. The minimum absolute atomic E-state index is 0.0971. The van der Waals surface area contributed by atoms with E-state index in [0.29, 0.717) is 22.6 Å². The van der Waals surface area contributed by atoms with Gasteiger partial charge in [0.05, 0.1) is 11.0 Å². The van der Waals surface area contributed by atoms with Gasteiger partial charge >= 0.3 is 5.97 Å². The van der Waals surface area contributed by atoms with Crippen molar-refractivity contribution < 1.29 is 23.5 Å². The van der Waals surface area contributed by atoms with Crippen LogP contribution in [0.1, 0.15) is 36.7 Å². The number of halogens is 1. The van der Waals surface area contributed by atoms with Crippen molar-refractivity contribution >= 4 is 17.8 Å². The fourth-order valence-electron chi connectivity index (χ4n) is 2.24. The van der Waals surface area contributed by atoms with E-state index in [9.17, 15) is 14.0 Å². The second-order valence-electron chi connectivity index (χ2n) is 6.79. The summed E-state index contributed by atoms with van der Waals surface area (Å²) in [5.41, 5.74) is 0.256. The van der Waals surface area contributed by atoms with E-state index in [1.165, 1.54) is 24.3 Å². The van der Waals surface area contributed by atoms with Gasteiger partial charge in [-0.05, 0) is 56.7 Å². The highest BCUT2D eigenvalue weighted by Gasteiger charge is 2.29. The molecule has 0 aliphatic carbocycles. The number of rotatable bonds is 2. The molecular weight excluding hydrogens is 323 g/mol. The first kappa shape index (κ1) is 16.9. The third-order valence-electron chi connectivity index (χ3n) is 3.61. The molecule has 1 aliphatic rings. The Morgan fingerprint density at radius 3 is 2.60 bits per heavy atom. The molecule has 0 radical (unpaired) electrons. The van der Waals surface area contributed by atoms with Crippen LogP contribution >= 0.6 is 0 Å². The van der Waals surface area contributed by atoms with Crippen molar-refractivity contribution in [2.45, 2.75) is 20.8 Å². The molecule has 0 aromatic heterocycles. The summed E-state index contributed by atoms with van der Waals surface area (Å²) in [5, 5.41) is 0. The first-order valence-corrected chi connectivity index (χ1v) is 7.80. The van der Waals surface area contributed by atoms with Gasteiger partial charge in [0, 0.05) is 6.07 Å². The van der Waals surface area contributed by atoms with Gasteiger partial charge in [-0.2, -0.15) is 0 Å². The van der Waals surface area contributed by atoms with Gasteiger partial charge in [0.25, 0.3) is 0 Å². The van der Waals surface area contributed by atoms with Gasteiger partial charge in [-0.25, -0.2) is 4.39 Å². The highest BCUT2D eigenvalue weighted by atomic mass is 19.1. The number of hydrogen-bond acceptors (Lipinski definition) is 4. The van der Waals surface area contributed by atoms with Crippen LogP contribution in [-0.2, 0) is 4.79 Å². The van der Waals surface area contributed by atoms with Crippen molar-refractivity contribution in [2.75, 3.05) is 0 Å². The zero-order valence-corrected chi connectivity index (χ0v) is 14.1. The van der Waals surface area contributed by atoms with Gasteiger partial charge in [0.1, 0.15) is 17.3 Å². The van der Waals surface area contributed by atoms with Crippen molar-refractivity contribution in [3.05, 3.63) is 65.2 Å². The maximum Gasteiger partial charge on any atom is 0.316 e. The predicted octanol–water partition coefficient (Wildman–Crippen LogP) is 4.39. The summed E-state index contributed by atoms with van der Waals surface area (Å²) >= 11 is 0. The van der Waals surface area contributed by atoms with Crippen LogP contribution in [-0.4, -0.2) is 11.8 Å². The average Bonchev–Trinajstić information content (AvgIpc) is 2.82. The normalized spacial score (nSPS) is 15.0. The zero-order chi connectivity index (χ0) is 18.2. The van der Waals surface area contributed by atoms with Gasteiger partial charge < -0.3 is 9.47 Å². The molecule has 0 unspecified atom stereocenters. The van der Waals surface area contributed by atoms with E-state index < -0.39 is 11.2 Å². The van der Waals surface area contributed by atoms with Gasteiger partial charge in [-0.3, -0.25) is 9.59 Å². The Kier molecular flexibility index (Phi) is 4.17. The smallest absolute Gasteiger partial charge is 0.316 e. The van der Waals surface area contributed by atoms with E-state index in [0.717, 1.165) is 0 Å². The molecule has 1 aliphatic heterocycles. The quantitative estimate of drug-likeness (QED) is 0.462. The van der Waals surface area contributed by atoms with Gasteiger partial charge in [-0.1, -0.05) is 12.1 Å². The molecule has 3 rings (SSSR count). The number of esters is 1. The fourth-order valence-corrected chi connectivity index (χ4v) is 2.24. The molecule has 0 N–H and O–H groups in total. The summed E-state index contributed by atoms with van der Waals surface area (Å²) in [6, 6.07) is 10.5. The highest BCUT2D eigenvalue weighted by Crippen LogP contribution is 2.35. The number of allylic oxidation sites excluding steroid dienone is 1. The molecule has 0 atom stereocenters. The largest absolute Gasteiger partial charge is 0.452 e. The summed E-state index contributed by atoms with van der Waals surface area (Å²) in [6.45, 7) is 5.26. The summed E-state index contributed by atoms with van der Waals surface area (Å²) in [4.78, 5) is 24.3. The van der Waals surface area contributed by atoms with Crippen LogP contribution in [0, 0.1) is 11.2 Å². The zero-order valence-electron chi connectivity index (χ0n) is 14.1. The average molecular weight is 340 g/mol. The molecule has 0 spiro atoms. The van der Waals surface area contributed by atoms with E-state index in [1.807, 2.05) is 0 Å². The lowest BCUT2D eigenvalue weighted by molar-refractivity contribution is -0.143. The van der Waals surface area contributed by atoms with Gasteiger partial charge in [0.15, 0.2) is 5.76 Å². The SMILES string of the molecule is CC(C)(C)C(=O)Oc1ccc2c(c1)O/C(=C/c1cccc(F)c1)C2=O. The lowest BCUT2D eigenvalue weighted by atomic mass is 9.97. The lowest BCUT2D eigenvalue weighted by Gasteiger charge is -2.16. The number of ketones is 1. The van der Waals surface area contributed by atoms with E-state index >= 15 is 0 Å². The first-order chi connectivity index (χ1) is 11.7. The summed E-state index contributed by atoms with van der Waals surface area (Å²) in [6.07, 6.45) is 1.48. The molecule has 0 saturated heterocycles. The second-order valence-corrected chi connectivity index (χ2v) is 6.79. The number of carbonyl (C=O) groups is 2. The van der Waals surface area contributed by atoms with Gasteiger partial charge in [0.2, 0.25) is 5.78 Å². The van der Waals surface area contributed by atoms with Crippen molar-refractivity contribution in [1.29, 1.82) is 0 Å². The van der Waals surface area contributed by atoms with E-state index in [1.54, 1.807) is 45.0 Å². The molecule has 0 saturated carbocycles. The van der Waals surface area contributed by atoms with Crippen LogP contribution in [0.25, 0.3) is 6.08 Å². The topological polar surface area (TPSA) is 52.6 Å². The number of fused-ring (bicyclic) bond motifs is 1. The summed E-state index contributed by atoms with van der Waals surface area (Å²) in [5.74, 6) is -0.362. The molecule has 5 heteroatoms. The molecule has 0 amide bonds. The third-order valence-corrected chi connectivity index (χ3v) is 3.61. The van der Waals surface area contributed by atoms with Crippen LogP contribution in [0.15, 0.2) is 48.2 Å². The lowest BCUT2D eigenvalue weighted by Crippen LogP contribution is -2.25. The second kappa shape index (κ2) is 6.16. The molecule has 25 heavy (non-hydrogen) atoms. The minimum Gasteiger partial charge on any atom is -0.452 e. The number of Topliss-reactive ketones (excluding diaryl/α,β-unsaturated/α-hetero) is 1. The maximum atomic E-state index is 13.3.